The summed E-state index contributed by atoms with van der Waals surface area (Å²) in [5.74, 6) is 2.68. The van der Waals surface area contributed by atoms with Crippen molar-refractivity contribution in [1.29, 1.82) is 0 Å². The van der Waals surface area contributed by atoms with Crippen LogP contribution in [0.5, 0.6) is 0 Å². The standard InChI is InChI=1S/C6H12OS2/c1-5(4-8)6-7-2-3-9-6/h5-6,8H,2-4H2,1H3. The molecule has 1 heterocycles. The van der Waals surface area contributed by atoms with E-state index >= 15 is 0 Å². The van der Waals surface area contributed by atoms with Crippen LogP contribution in [0.25, 0.3) is 0 Å². The Kier molecular flexibility index (Phi) is 3.22. The zero-order valence-corrected chi connectivity index (χ0v) is 7.25. The quantitative estimate of drug-likeness (QED) is 0.621. The van der Waals surface area contributed by atoms with E-state index in [2.05, 4.69) is 19.6 Å². The number of hydrogen-bond donors (Lipinski definition) is 1. The third-order valence-corrected chi connectivity index (χ3v) is 3.31. The van der Waals surface area contributed by atoms with E-state index in [1.54, 1.807) is 0 Å². The van der Waals surface area contributed by atoms with Crippen LogP contribution in [0.1, 0.15) is 6.92 Å². The molecule has 1 aliphatic heterocycles. The van der Waals surface area contributed by atoms with Crippen LogP contribution < -0.4 is 0 Å². The average molecular weight is 164 g/mol. The molecule has 1 nitrogen and oxygen atoms in total. The normalized spacial score (nSPS) is 30.7. The minimum absolute atomic E-state index is 0.419. The van der Waals surface area contributed by atoms with Gasteiger partial charge < -0.3 is 4.74 Å². The van der Waals surface area contributed by atoms with E-state index in [0.717, 1.165) is 18.1 Å². The number of rotatable bonds is 2. The fourth-order valence-corrected chi connectivity index (χ4v) is 2.17. The van der Waals surface area contributed by atoms with Gasteiger partial charge >= 0.3 is 0 Å². The monoisotopic (exact) mass is 164 g/mol. The lowest BCUT2D eigenvalue weighted by molar-refractivity contribution is 0.113. The van der Waals surface area contributed by atoms with Crippen molar-refractivity contribution in [3.63, 3.8) is 0 Å². The molecular weight excluding hydrogens is 152 g/mol. The highest BCUT2D eigenvalue weighted by Crippen LogP contribution is 2.26. The van der Waals surface area contributed by atoms with Crippen LogP contribution in [0, 0.1) is 5.92 Å². The molecule has 0 spiro atoms. The van der Waals surface area contributed by atoms with Crippen LogP contribution in [0.15, 0.2) is 0 Å². The maximum absolute atomic E-state index is 5.42. The molecule has 3 heteroatoms. The first-order chi connectivity index (χ1) is 4.34. The van der Waals surface area contributed by atoms with Gasteiger partial charge in [-0.1, -0.05) is 6.92 Å². The van der Waals surface area contributed by atoms with Crippen LogP contribution in [0.4, 0.5) is 0 Å². The summed E-state index contributed by atoms with van der Waals surface area (Å²) in [6.07, 6.45) is 0. The van der Waals surface area contributed by atoms with Crippen molar-refractivity contribution in [3.8, 4) is 0 Å². The van der Waals surface area contributed by atoms with E-state index in [4.69, 9.17) is 4.74 Å². The summed E-state index contributed by atoms with van der Waals surface area (Å²) in [6, 6.07) is 0. The zero-order valence-electron chi connectivity index (χ0n) is 5.54. The van der Waals surface area contributed by atoms with E-state index < -0.39 is 0 Å². The second-order valence-corrected chi connectivity index (χ2v) is 3.84. The third-order valence-electron chi connectivity index (χ3n) is 1.40. The van der Waals surface area contributed by atoms with E-state index in [1.807, 2.05) is 11.8 Å². The molecule has 2 atom stereocenters. The van der Waals surface area contributed by atoms with Crippen LogP contribution in [0.2, 0.25) is 0 Å². The number of thioether (sulfide) groups is 1. The lowest BCUT2D eigenvalue weighted by Crippen LogP contribution is -2.14. The topological polar surface area (TPSA) is 9.23 Å². The molecule has 2 unspecified atom stereocenters. The van der Waals surface area contributed by atoms with Crippen molar-refractivity contribution in [1.82, 2.24) is 0 Å². The van der Waals surface area contributed by atoms with Crippen LogP contribution in [0.3, 0.4) is 0 Å². The smallest absolute Gasteiger partial charge is 0.106 e. The molecule has 0 aromatic heterocycles. The van der Waals surface area contributed by atoms with Crippen molar-refractivity contribution in [2.75, 3.05) is 18.1 Å². The number of ether oxygens (including phenoxy) is 1. The van der Waals surface area contributed by atoms with Gasteiger partial charge in [-0.15, -0.1) is 11.8 Å². The van der Waals surface area contributed by atoms with Crippen LogP contribution in [-0.4, -0.2) is 23.5 Å². The Labute approximate surface area is 65.9 Å². The Hall–Kier alpha value is 0.660. The maximum Gasteiger partial charge on any atom is 0.106 e. The van der Waals surface area contributed by atoms with Gasteiger partial charge in [-0.05, 0) is 5.75 Å². The SMILES string of the molecule is CC(CS)C1OCCS1. The minimum atomic E-state index is 0.419. The van der Waals surface area contributed by atoms with E-state index in [0.29, 0.717) is 11.4 Å². The molecule has 9 heavy (non-hydrogen) atoms. The molecular formula is C6H12OS2. The fraction of sp³-hybridized carbons (Fsp3) is 1.00. The fourth-order valence-electron chi connectivity index (χ4n) is 0.791. The van der Waals surface area contributed by atoms with Gasteiger partial charge in [-0.2, -0.15) is 12.6 Å². The summed E-state index contributed by atoms with van der Waals surface area (Å²) >= 11 is 6.10. The molecule has 0 bridgehead atoms. The summed E-state index contributed by atoms with van der Waals surface area (Å²) in [5.41, 5.74) is 0.419. The highest BCUT2D eigenvalue weighted by molar-refractivity contribution is 8.00. The second kappa shape index (κ2) is 3.74. The molecule has 0 aromatic carbocycles. The predicted octanol–water partition coefficient (Wildman–Crippen LogP) is 1.64. The zero-order chi connectivity index (χ0) is 6.69. The van der Waals surface area contributed by atoms with Crippen LogP contribution in [-0.2, 0) is 4.74 Å². The van der Waals surface area contributed by atoms with Gasteiger partial charge in [0.25, 0.3) is 0 Å². The number of thiol groups is 1. The lowest BCUT2D eigenvalue weighted by Gasteiger charge is -2.14. The molecule has 1 saturated heterocycles. The maximum atomic E-state index is 5.42. The number of hydrogen-bond acceptors (Lipinski definition) is 3. The third kappa shape index (κ3) is 2.06. The van der Waals surface area contributed by atoms with Crippen molar-refractivity contribution in [2.45, 2.75) is 12.4 Å². The van der Waals surface area contributed by atoms with Crippen molar-refractivity contribution < 1.29 is 4.74 Å². The summed E-state index contributed by atoms with van der Waals surface area (Å²) in [4.78, 5) is 0. The summed E-state index contributed by atoms with van der Waals surface area (Å²) in [7, 11) is 0. The van der Waals surface area contributed by atoms with Gasteiger partial charge in [-0.3, -0.25) is 0 Å². The molecule has 1 rings (SSSR count). The molecule has 0 radical (unpaired) electrons. The molecule has 0 N–H and O–H groups in total. The Balaban J connectivity index is 2.24. The predicted molar refractivity (Wildman–Crippen MR) is 45.2 cm³/mol. The Morgan fingerprint density at radius 1 is 1.89 bits per heavy atom. The van der Waals surface area contributed by atoms with Gasteiger partial charge in [0.1, 0.15) is 5.44 Å². The van der Waals surface area contributed by atoms with Gasteiger partial charge in [0, 0.05) is 11.7 Å². The first-order valence-corrected chi connectivity index (χ1v) is 4.87. The van der Waals surface area contributed by atoms with E-state index in [1.165, 1.54) is 0 Å². The van der Waals surface area contributed by atoms with E-state index in [-0.39, 0.29) is 0 Å². The van der Waals surface area contributed by atoms with Crippen molar-refractivity contribution in [2.24, 2.45) is 5.92 Å². The Bertz CT molecular complexity index is 81.1. The van der Waals surface area contributed by atoms with Crippen LogP contribution >= 0.6 is 24.4 Å². The highest BCUT2D eigenvalue weighted by Gasteiger charge is 2.21. The summed E-state index contributed by atoms with van der Waals surface area (Å²) in [6.45, 7) is 3.10. The van der Waals surface area contributed by atoms with E-state index in [9.17, 15) is 0 Å². The largest absolute Gasteiger partial charge is 0.366 e. The molecule has 0 aliphatic carbocycles. The average Bonchev–Trinajstić information content (AvgIpc) is 2.37. The minimum Gasteiger partial charge on any atom is -0.366 e. The van der Waals surface area contributed by atoms with Gasteiger partial charge in [0.05, 0.1) is 6.61 Å². The van der Waals surface area contributed by atoms with Gasteiger partial charge in [-0.25, -0.2) is 0 Å². The lowest BCUT2D eigenvalue weighted by atomic mass is 10.2. The molecule has 1 aliphatic rings. The second-order valence-electron chi connectivity index (χ2n) is 2.27. The van der Waals surface area contributed by atoms with Crippen molar-refractivity contribution >= 4 is 24.4 Å². The molecule has 54 valence electrons. The van der Waals surface area contributed by atoms with Crippen molar-refractivity contribution in [3.05, 3.63) is 0 Å². The Morgan fingerprint density at radius 3 is 3.11 bits per heavy atom. The van der Waals surface area contributed by atoms with Gasteiger partial charge in [0.15, 0.2) is 0 Å². The molecule has 0 aromatic rings. The first-order valence-electron chi connectivity index (χ1n) is 3.18. The summed E-state index contributed by atoms with van der Waals surface area (Å²) in [5, 5.41) is 0. The Morgan fingerprint density at radius 2 is 2.67 bits per heavy atom. The summed E-state index contributed by atoms with van der Waals surface area (Å²) < 4.78 is 5.42. The first kappa shape index (κ1) is 7.76. The molecule has 1 fully saturated rings. The van der Waals surface area contributed by atoms with Gasteiger partial charge in [0.2, 0.25) is 0 Å². The molecule has 0 amide bonds. The highest BCUT2D eigenvalue weighted by atomic mass is 32.2. The molecule has 0 saturated carbocycles.